The molecule has 0 aromatic carbocycles. The highest BCUT2D eigenvalue weighted by Gasteiger charge is 2.56. The molecule has 1 aliphatic carbocycles. The summed E-state index contributed by atoms with van der Waals surface area (Å²) >= 11 is 0. The van der Waals surface area contributed by atoms with Gasteiger partial charge in [-0.2, -0.15) is 0 Å². The Labute approximate surface area is 130 Å². The van der Waals surface area contributed by atoms with Crippen LogP contribution in [0.5, 0.6) is 0 Å². The van der Waals surface area contributed by atoms with Gasteiger partial charge in [0.25, 0.3) is 0 Å². The molecule has 2 rings (SSSR count). The first-order valence-electron chi connectivity index (χ1n) is 7.68. The fourth-order valence-electron chi connectivity index (χ4n) is 3.57. The number of carboxylic acids is 1. The highest BCUT2D eigenvalue weighted by molar-refractivity contribution is 7.89. The molecule has 1 N–H and O–H groups in total. The summed E-state index contributed by atoms with van der Waals surface area (Å²) in [6.45, 7) is 2.33. The zero-order valence-corrected chi connectivity index (χ0v) is 13.6. The Kier molecular flexibility index (Phi) is 5.11. The third-order valence-electron chi connectivity index (χ3n) is 4.75. The molecule has 0 aromatic heterocycles. The summed E-state index contributed by atoms with van der Waals surface area (Å²) in [4.78, 5) is 22.8. The summed E-state index contributed by atoms with van der Waals surface area (Å²) in [5, 5.41) is 9.48. The second-order valence-electron chi connectivity index (χ2n) is 6.07. The maximum Gasteiger partial charge on any atom is 0.311 e. The fourth-order valence-corrected chi connectivity index (χ4v) is 5.17. The zero-order valence-electron chi connectivity index (χ0n) is 12.8. The van der Waals surface area contributed by atoms with Crippen molar-refractivity contribution in [2.45, 2.75) is 39.0 Å². The molecule has 1 saturated carbocycles. The van der Waals surface area contributed by atoms with E-state index in [0.29, 0.717) is 6.42 Å². The third kappa shape index (κ3) is 3.27. The van der Waals surface area contributed by atoms with Crippen molar-refractivity contribution in [3.63, 3.8) is 0 Å². The molecular weight excluding hydrogens is 310 g/mol. The van der Waals surface area contributed by atoms with Gasteiger partial charge in [-0.3, -0.25) is 9.59 Å². The zero-order chi connectivity index (χ0) is 16.4. The molecule has 126 valence electrons. The largest absolute Gasteiger partial charge is 0.481 e. The quantitative estimate of drug-likeness (QED) is 0.693. The van der Waals surface area contributed by atoms with E-state index in [9.17, 15) is 23.1 Å². The monoisotopic (exact) mass is 333 g/mol. The Balaban J connectivity index is 1.94. The van der Waals surface area contributed by atoms with Crippen LogP contribution in [0.25, 0.3) is 0 Å². The lowest BCUT2D eigenvalue weighted by molar-refractivity contribution is -0.149. The minimum Gasteiger partial charge on any atom is -0.481 e. The maximum absolute atomic E-state index is 12.3. The Hall–Kier alpha value is -1.15. The number of nitrogens with zero attached hydrogens (tertiary/aromatic N) is 1. The van der Waals surface area contributed by atoms with Crippen LogP contribution >= 0.6 is 0 Å². The predicted octanol–water partition coefficient (Wildman–Crippen LogP) is 0.846. The van der Waals surface area contributed by atoms with Crippen LogP contribution in [0.1, 0.15) is 39.0 Å². The van der Waals surface area contributed by atoms with E-state index in [2.05, 4.69) is 0 Å². The topological polar surface area (TPSA) is 101 Å². The number of hydrogen-bond donors (Lipinski definition) is 1. The lowest BCUT2D eigenvalue weighted by atomic mass is 9.81. The number of ether oxygens (including phenoxy) is 1. The van der Waals surface area contributed by atoms with Crippen molar-refractivity contribution in [2.75, 3.05) is 25.4 Å². The van der Waals surface area contributed by atoms with Crippen LogP contribution in [0, 0.1) is 11.3 Å². The molecule has 7 nitrogen and oxygen atoms in total. The molecule has 0 radical (unpaired) electrons. The summed E-state index contributed by atoms with van der Waals surface area (Å²) in [5.41, 5.74) is -0.909. The average molecular weight is 333 g/mol. The van der Waals surface area contributed by atoms with E-state index < -0.39 is 27.4 Å². The first-order valence-corrected chi connectivity index (χ1v) is 9.29. The van der Waals surface area contributed by atoms with Crippen molar-refractivity contribution in [3.05, 3.63) is 0 Å². The van der Waals surface area contributed by atoms with E-state index in [0.717, 1.165) is 12.8 Å². The van der Waals surface area contributed by atoms with E-state index in [4.69, 9.17) is 4.74 Å². The van der Waals surface area contributed by atoms with E-state index in [1.54, 1.807) is 6.92 Å². The van der Waals surface area contributed by atoms with E-state index in [1.165, 1.54) is 4.31 Å². The Bertz CT molecular complexity index is 546. The minimum absolute atomic E-state index is 0.0639. The minimum atomic E-state index is -3.52. The first kappa shape index (κ1) is 17.2. The highest BCUT2D eigenvalue weighted by Crippen LogP contribution is 2.49. The molecule has 2 aliphatic rings. The maximum atomic E-state index is 12.3. The van der Waals surface area contributed by atoms with Crippen molar-refractivity contribution in [1.82, 2.24) is 4.31 Å². The molecule has 2 fully saturated rings. The van der Waals surface area contributed by atoms with Crippen LogP contribution in [0.3, 0.4) is 0 Å². The summed E-state index contributed by atoms with van der Waals surface area (Å²) in [6.07, 6.45) is 2.41. The van der Waals surface area contributed by atoms with Gasteiger partial charge in [-0.1, -0.05) is 6.42 Å². The lowest BCUT2D eigenvalue weighted by Gasteiger charge is -2.23. The van der Waals surface area contributed by atoms with Crippen molar-refractivity contribution >= 4 is 22.0 Å². The lowest BCUT2D eigenvalue weighted by Crippen LogP contribution is -2.38. The molecule has 0 unspecified atom stereocenters. The van der Waals surface area contributed by atoms with Crippen LogP contribution in [0.2, 0.25) is 0 Å². The molecule has 8 heteroatoms. The van der Waals surface area contributed by atoms with Crippen LogP contribution in [-0.4, -0.2) is 55.2 Å². The number of carbonyl (C=O) groups is 2. The van der Waals surface area contributed by atoms with Gasteiger partial charge in [0.15, 0.2) is 0 Å². The van der Waals surface area contributed by atoms with Gasteiger partial charge in [0.2, 0.25) is 10.0 Å². The molecule has 0 bridgehead atoms. The molecule has 1 aliphatic heterocycles. The molecule has 1 saturated heterocycles. The SMILES string of the molecule is CCOC(=O)CCCS(=O)(=O)N1C[C@@H]2CCC[C@@]2(C(=O)O)C1. The normalized spacial score (nSPS) is 28.5. The molecule has 0 aromatic rings. The average Bonchev–Trinajstić information content (AvgIpc) is 2.96. The number of carboxylic acid groups (broad SMARTS) is 1. The van der Waals surface area contributed by atoms with Gasteiger partial charge in [0.1, 0.15) is 0 Å². The van der Waals surface area contributed by atoms with Crippen molar-refractivity contribution in [2.24, 2.45) is 11.3 Å². The van der Waals surface area contributed by atoms with Gasteiger partial charge in [-0.25, -0.2) is 12.7 Å². The Morgan fingerprint density at radius 3 is 2.73 bits per heavy atom. The van der Waals surface area contributed by atoms with Crippen LogP contribution in [-0.2, 0) is 24.3 Å². The summed E-state index contributed by atoms with van der Waals surface area (Å²) in [5.74, 6) is -1.53. The number of fused-ring (bicyclic) bond motifs is 1. The van der Waals surface area contributed by atoms with Gasteiger partial charge < -0.3 is 9.84 Å². The third-order valence-corrected chi connectivity index (χ3v) is 6.62. The van der Waals surface area contributed by atoms with E-state index >= 15 is 0 Å². The van der Waals surface area contributed by atoms with E-state index in [1.807, 2.05) is 0 Å². The van der Waals surface area contributed by atoms with E-state index in [-0.39, 0.29) is 44.2 Å². The predicted molar refractivity (Wildman–Crippen MR) is 78.6 cm³/mol. The molecular formula is C14H23NO6S. The second-order valence-corrected chi connectivity index (χ2v) is 8.16. The van der Waals surface area contributed by atoms with Crippen molar-refractivity contribution in [3.8, 4) is 0 Å². The van der Waals surface area contributed by atoms with Crippen molar-refractivity contribution < 1.29 is 27.9 Å². The number of hydrogen-bond acceptors (Lipinski definition) is 5. The second kappa shape index (κ2) is 6.54. The smallest absolute Gasteiger partial charge is 0.311 e. The first-order chi connectivity index (χ1) is 10.3. The molecule has 0 amide bonds. The van der Waals surface area contributed by atoms with Crippen LogP contribution in [0.4, 0.5) is 0 Å². The number of carbonyl (C=O) groups excluding carboxylic acids is 1. The molecule has 0 spiro atoms. The van der Waals surface area contributed by atoms with Crippen LogP contribution in [0.15, 0.2) is 0 Å². The number of sulfonamides is 1. The molecule has 2 atom stereocenters. The Morgan fingerprint density at radius 1 is 1.41 bits per heavy atom. The number of aliphatic carboxylic acids is 1. The van der Waals surface area contributed by atoms with Gasteiger partial charge in [0, 0.05) is 19.5 Å². The summed E-state index contributed by atoms with van der Waals surface area (Å²) < 4.78 is 30.8. The molecule has 1 heterocycles. The Morgan fingerprint density at radius 2 is 2.14 bits per heavy atom. The standard InChI is InChI=1S/C14H23NO6S/c1-2-21-12(16)6-4-8-22(19,20)15-9-11-5-3-7-14(11,10-15)13(17)18/h11H,2-10H2,1H3,(H,17,18)/t11-,14+/m0/s1. The van der Waals surface area contributed by atoms with Gasteiger partial charge in [0.05, 0.1) is 17.8 Å². The van der Waals surface area contributed by atoms with Gasteiger partial charge >= 0.3 is 11.9 Å². The summed E-state index contributed by atoms with van der Waals surface area (Å²) in [7, 11) is -3.52. The van der Waals surface area contributed by atoms with Gasteiger partial charge in [-0.15, -0.1) is 0 Å². The van der Waals surface area contributed by atoms with Crippen molar-refractivity contribution in [1.29, 1.82) is 0 Å². The molecule has 22 heavy (non-hydrogen) atoms. The fraction of sp³-hybridized carbons (Fsp3) is 0.857. The van der Waals surface area contributed by atoms with Crippen LogP contribution < -0.4 is 0 Å². The van der Waals surface area contributed by atoms with Gasteiger partial charge in [-0.05, 0) is 32.1 Å². The summed E-state index contributed by atoms with van der Waals surface area (Å²) in [6, 6.07) is 0. The number of esters is 1. The highest BCUT2D eigenvalue weighted by atomic mass is 32.2. The number of rotatable bonds is 7.